The predicted octanol–water partition coefficient (Wildman–Crippen LogP) is -2.06. The van der Waals surface area contributed by atoms with Crippen LogP contribution < -0.4 is 33.2 Å². The molecule has 0 aliphatic heterocycles. The van der Waals surface area contributed by atoms with Crippen LogP contribution in [0.3, 0.4) is 0 Å². The van der Waals surface area contributed by atoms with Crippen LogP contribution in [0.5, 0.6) is 0 Å². The Morgan fingerprint density at radius 1 is 1.05 bits per heavy atom. The average Bonchev–Trinajstić information content (AvgIpc) is 3.29. The van der Waals surface area contributed by atoms with E-state index in [0.29, 0.717) is 0 Å². The van der Waals surface area contributed by atoms with Crippen LogP contribution in [0, 0.1) is 0 Å². The number of aliphatic hydroxyl groups excluding tert-OH is 1. The molecular formula is C24H36N8O6S. The number of nitrogens with one attached hydrogen (secondary N) is 4. The number of aliphatic hydroxyl groups is 1. The zero-order valence-electron chi connectivity index (χ0n) is 21.5. The van der Waals surface area contributed by atoms with Crippen molar-refractivity contribution in [1.29, 1.82) is 0 Å². The molecule has 5 unspecified atom stereocenters. The van der Waals surface area contributed by atoms with E-state index >= 15 is 0 Å². The van der Waals surface area contributed by atoms with E-state index in [0.717, 1.165) is 16.5 Å². The molecule has 39 heavy (non-hydrogen) atoms. The number of para-hydroxylation sites is 1. The zero-order chi connectivity index (χ0) is 29.1. The molecule has 0 spiro atoms. The smallest absolute Gasteiger partial charge is 0.326 e. The van der Waals surface area contributed by atoms with Gasteiger partial charge in [0.05, 0.1) is 12.1 Å². The highest BCUT2D eigenvalue weighted by molar-refractivity contribution is 7.80. The summed E-state index contributed by atoms with van der Waals surface area (Å²) >= 11 is 4.07. The third kappa shape index (κ3) is 9.46. The Balaban J connectivity index is 1.99. The highest BCUT2D eigenvalue weighted by atomic mass is 32.1. The Morgan fingerprint density at radius 3 is 2.33 bits per heavy atom. The van der Waals surface area contributed by atoms with E-state index in [2.05, 4.69) is 38.6 Å². The van der Waals surface area contributed by atoms with Crippen LogP contribution in [0.25, 0.3) is 10.9 Å². The molecule has 0 bridgehead atoms. The largest absolute Gasteiger partial charge is 0.480 e. The van der Waals surface area contributed by atoms with Gasteiger partial charge in [-0.15, -0.1) is 0 Å². The number of carbonyl (C=O) groups is 4. The van der Waals surface area contributed by atoms with E-state index in [1.54, 1.807) is 6.20 Å². The fraction of sp³-hybridized carbons (Fsp3) is 0.458. The molecule has 1 aromatic heterocycles. The topological polar surface area (TPSA) is 251 Å². The minimum Gasteiger partial charge on any atom is -0.480 e. The number of amides is 3. The summed E-state index contributed by atoms with van der Waals surface area (Å²) in [5.41, 5.74) is 18.2. The van der Waals surface area contributed by atoms with Crippen molar-refractivity contribution in [3.05, 3.63) is 36.0 Å². The van der Waals surface area contributed by atoms with E-state index in [1.807, 2.05) is 24.3 Å². The number of benzene rings is 1. The quantitative estimate of drug-likeness (QED) is 0.0493. The molecule has 0 fully saturated rings. The van der Waals surface area contributed by atoms with Crippen molar-refractivity contribution in [2.45, 2.75) is 56.5 Å². The minimum absolute atomic E-state index is 0.0335. The number of guanidine groups is 1. The summed E-state index contributed by atoms with van der Waals surface area (Å²) in [6, 6.07) is 2.53. The number of carbonyl (C=O) groups excluding carboxylic acids is 3. The Hall–Kier alpha value is -3.82. The normalized spacial score (nSPS) is 14.9. The van der Waals surface area contributed by atoms with Crippen molar-refractivity contribution < 1.29 is 29.4 Å². The van der Waals surface area contributed by atoms with E-state index in [-0.39, 0.29) is 37.5 Å². The molecule has 14 nitrogen and oxygen atoms in total. The van der Waals surface area contributed by atoms with E-state index in [4.69, 9.17) is 17.2 Å². The van der Waals surface area contributed by atoms with Gasteiger partial charge in [-0.3, -0.25) is 19.4 Å². The summed E-state index contributed by atoms with van der Waals surface area (Å²) in [7, 11) is 0. The second-order valence-corrected chi connectivity index (χ2v) is 9.35. The number of aromatic amines is 1. The molecule has 5 atom stereocenters. The lowest BCUT2D eigenvalue weighted by Crippen LogP contribution is -2.60. The van der Waals surface area contributed by atoms with Gasteiger partial charge in [0.25, 0.3) is 0 Å². The third-order valence-electron chi connectivity index (χ3n) is 5.89. The second-order valence-electron chi connectivity index (χ2n) is 8.99. The number of rotatable bonds is 15. The molecule has 12 N–H and O–H groups in total. The van der Waals surface area contributed by atoms with Crippen LogP contribution in [-0.4, -0.2) is 87.4 Å². The van der Waals surface area contributed by atoms with Crippen molar-refractivity contribution in [2.24, 2.45) is 22.2 Å². The van der Waals surface area contributed by atoms with E-state index in [9.17, 15) is 29.4 Å². The molecule has 1 heterocycles. The number of aliphatic carboxylic acids is 1. The van der Waals surface area contributed by atoms with E-state index in [1.165, 1.54) is 6.92 Å². The van der Waals surface area contributed by atoms with Gasteiger partial charge in [0.2, 0.25) is 17.7 Å². The maximum Gasteiger partial charge on any atom is 0.326 e. The lowest BCUT2D eigenvalue weighted by molar-refractivity contribution is -0.142. The number of hydrogen-bond acceptors (Lipinski definition) is 8. The molecule has 0 aliphatic rings. The SMILES string of the molecule is CC(O)C(NC(=O)C(N)Cc1c[nH]c2ccccc12)C(=O)NC(CS)C(=O)NC(CCCN=C(N)N)C(=O)O. The Bertz CT molecular complexity index is 1180. The minimum atomic E-state index is -1.43. The number of nitrogens with two attached hydrogens (primary N) is 3. The third-order valence-corrected chi connectivity index (χ3v) is 6.25. The van der Waals surface area contributed by atoms with Crippen LogP contribution in [0.2, 0.25) is 0 Å². The lowest BCUT2D eigenvalue weighted by Gasteiger charge is -2.25. The first-order valence-corrected chi connectivity index (χ1v) is 12.9. The van der Waals surface area contributed by atoms with Gasteiger partial charge in [-0.25, -0.2) is 4.79 Å². The lowest BCUT2D eigenvalue weighted by atomic mass is 10.0. The molecular weight excluding hydrogens is 528 g/mol. The van der Waals surface area contributed by atoms with Crippen molar-refractivity contribution in [3.8, 4) is 0 Å². The van der Waals surface area contributed by atoms with Crippen molar-refractivity contribution >= 4 is 53.2 Å². The van der Waals surface area contributed by atoms with Crippen molar-refractivity contribution in [2.75, 3.05) is 12.3 Å². The summed E-state index contributed by atoms with van der Waals surface area (Å²) in [5, 5.41) is 27.7. The van der Waals surface area contributed by atoms with Gasteiger partial charge >= 0.3 is 5.97 Å². The van der Waals surface area contributed by atoms with Crippen LogP contribution in [0.1, 0.15) is 25.3 Å². The number of carboxylic acid groups (broad SMARTS) is 1. The van der Waals surface area contributed by atoms with Gasteiger partial charge in [-0.1, -0.05) is 18.2 Å². The number of H-pyrrole nitrogens is 1. The van der Waals surface area contributed by atoms with Gasteiger partial charge in [0.15, 0.2) is 5.96 Å². The first-order chi connectivity index (χ1) is 18.4. The Kier molecular flexibility index (Phi) is 12.0. The van der Waals surface area contributed by atoms with Crippen molar-refractivity contribution in [1.82, 2.24) is 20.9 Å². The number of hydrogen-bond donors (Lipinski definition) is 10. The number of aromatic nitrogens is 1. The monoisotopic (exact) mass is 564 g/mol. The number of nitrogens with zero attached hydrogens (tertiary/aromatic N) is 1. The van der Waals surface area contributed by atoms with Gasteiger partial charge in [-0.05, 0) is 37.8 Å². The Labute approximate surface area is 230 Å². The summed E-state index contributed by atoms with van der Waals surface area (Å²) in [4.78, 5) is 56.8. The summed E-state index contributed by atoms with van der Waals surface area (Å²) < 4.78 is 0. The molecule has 0 saturated heterocycles. The summed E-state index contributed by atoms with van der Waals surface area (Å²) in [5.74, 6) is -3.96. The second kappa shape index (κ2) is 14.9. The summed E-state index contributed by atoms with van der Waals surface area (Å²) in [6.45, 7) is 1.47. The van der Waals surface area contributed by atoms with Gasteiger partial charge in [0.1, 0.15) is 18.1 Å². The van der Waals surface area contributed by atoms with Gasteiger partial charge in [-0.2, -0.15) is 12.6 Å². The molecule has 214 valence electrons. The number of thiol groups is 1. The maximum absolute atomic E-state index is 12.9. The van der Waals surface area contributed by atoms with Crippen LogP contribution in [0.4, 0.5) is 0 Å². The predicted molar refractivity (Wildman–Crippen MR) is 149 cm³/mol. The molecule has 0 radical (unpaired) electrons. The molecule has 2 rings (SSSR count). The number of fused-ring (bicyclic) bond motifs is 1. The van der Waals surface area contributed by atoms with Crippen LogP contribution >= 0.6 is 12.6 Å². The molecule has 3 amide bonds. The first kappa shape index (κ1) is 31.4. The van der Waals surface area contributed by atoms with Crippen LogP contribution in [0.15, 0.2) is 35.5 Å². The summed E-state index contributed by atoms with van der Waals surface area (Å²) in [6.07, 6.45) is 0.900. The zero-order valence-corrected chi connectivity index (χ0v) is 22.4. The van der Waals surface area contributed by atoms with Gasteiger partial charge < -0.3 is 48.3 Å². The van der Waals surface area contributed by atoms with Crippen molar-refractivity contribution in [3.63, 3.8) is 0 Å². The maximum atomic E-state index is 12.9. The van der Waals surface area contributed by atoms with Gasteiger partial charge in [0, 0.05) is 29.4 Å². The van der Waals surface area contributed by atoms with E-state index < -0.39 is 54.0 Å². The molecule has 2 aromatic rings. The first-order valence-electron chi connectivity index (χ1n) is 12.2. The van der Waals surface area contributed by atoms with Crippen LogP contribution in [-0.2, 0) is 25.6 Å². The molecule has 0 saturated carbocycles. The Morgan fingerprint density at radius 2 is 1.72 bits per heavy atom. The standard InChI is InChI=1S/C24H36N8O6S/c1-12(33)19(32-20(34)15(25)9-13-10-29-16-6-3-2-5-14(13)16)22(36)31-18(11-39)21(35)30-17(23(37)38)7-4-8-28-24(26)27/h2-3,5-6,10,12,15,17-19,29,33,39H,4,7-9,11,25H2,1H3,(H,30,35)(H,31,36)(H,32,34)(H,37,38)(H4,26,27,28). The molecule has 1 aromatic carbocycles. The number of carboxylic acids is 1. The fourth-order valence-corrected chi connectivity index (χ4v) is 4.04. The molecule has 0 aliphatic carbocycles. The number of aliphatic imine (C=N–C) groups is 1. The highest BCUT2D eigenvalue weighted by Crippen LogP contribution is 2.18. The average molecular weight is 565 g/mol. The fourth-order valence-electron chi connectivity index (χ4n) is 3.78. The highest BCUT2D eigenvalue weighted by Gasteiger charge is 2.32. The molecule has 15 heteroatoms.